The summed E-state index contributed by atoms with van der Waals surface area (Å²) in [5.41, 5.74) is 5.09. The number of halogens is 2. The van der Waals surface area contributed by atoms with Gasteiger partial charge in [0.15, 0.2) is 0 Å². The molecule has 0 radical (unpaired) electrons. The smallest absolute Gasteiger partial charge is 0.240 e. The summed E-state index contributed by atoms with van der Waals surface area (Å²) in [5.74, 6) is -0.289. The number of hydrogen-bond acceptors (Lipinski definition) is 5. The summed E-state index contributed by atoms with van der Waals surface area (Å²) in [6.07, 6.45) is 0.903. The molecule has 1 fully saturated rings. The minimum Gasteiger partial charge on any atom is -0.381 e. The van der Waals surface area contributed by atoms with Gasteiger partial charge in [-0.1, -0.05) is 17.7 Å². The van der Waals surface area contributed by atoms with Crippen molar-refractivity contribution in [2.75, 3.05) is 26.3 Å². The van der Waals surface area contributed by atoms with Crippen LogP contribution in [0.2, 0.25) is 5.02 Å². The maximum atomic E-state index is 12.1. The molecule has 0 spiro atoms. The molecular formula is C14H21Cl2N3O4S. The van der Waals surface area contributed by atoms with Crippen LogP contribution in [0.25, 0.3) is 0 Å². The summed E-state index contributed by atoms with van der Waals surface area (Å²) < 4.78 is 31.7. The third kappa shape index (κ3) is 5.58. The third-order valence-electron chi connectivity index (χ3n) is 3.65. The van der Waals surface area contributed by atoms with Crippen molar-refractivity contribution in [3.05, 3.63) is 29.3 Å². The average Bonchev–Trinajstić information content (AvgIpc) is 2.52. The van der Waals surface area contributed by atoms with Gasteiger partial charge in [0, 0.05) is 31.3 Å². The van der Waals surface area contributed by atoms with Crippen LogP contribution in [0, 0.1) is 0 Å². The van der Waals surface area contributed by atoms with E-state index in [1.54, 1.807) is 12.1 Å². The predicted octanol–water partition coefficient (Wildman–Crippen LogP) is 0.664. The number of hydrogen-bond donors (Lipinski definition) is 3. The number of amides is 1. The van der Waals surface area contributed by atoms with E-state index in [1.807, 2.05) is 0 Å². The van der Waals surface area contributed by atoms with Crippen molar-refractivity contribution < 1.29 is 17.9 Å². The zero-order valence-corrected chi connectivity index (χ0v) is 15.3. The molecule has 0 bridgehead atoms. The highest BCUT2D eigenvalue weighted by Gasteiger charge is 2.35. The zero-order valence-electron chi connectivity index (χ0n) is 13.0. The van der Waals surface area contributed by atoms with Crippen molar-refractivity contribution in [1.82, 2.24) is 10.0 Å². The Bertz CT molecular complexity index is 664. The normalized spacial score (nSPS) is 16.9. The second kappa shape index (κ2) is 8.98. The van der Waals surface area contributed by atoms with Crippen molar-refractivity contribution in [2.24, 2.45) is 5.73 Å². The molecule has 1 heterocycles. The van der Waals surface area contributed by atoms with E-state index < -0.39 is 15.6 Å². The lowest BCUT2D eigenvalue weighted by Crippen LogP contribution is -2.57. The van der Waals surface area contributed by atoms with Crippen LogP contribution < -0.4 is 15.8 Å². The van der Waals surface area contributed by atoms with Crippen LogP contribution in [0.4, 0.5) is 0 Å². The number of rotatable bonds is 6. The van der Waals surface area contributed by atoms with E-state index in [4.69, 9.17) is 22.1 Å². The number of ether oxygens (including phenoxy) is 1. The number of sulfonamides is 1. The van der Waals surface area contributed by atoms with Gasteiger partial charge in [0.2, 0.25) is 15.9 Å². The van der Waals surface area contributed by atoms with Crippen molar-refractivity contribution in [2.45, 2.75) is 23.3 Å². The summed E-state index contributed by atoms with van der Waals surface area (Å²) in [7, 11) is -3.66. The van der Waals surface area contributed by atoms with Gasteiger partial charge in [0.1, 0.15) is 0 Å². The monoisotopic (exact) mass is 397 g/mol. The van der Waals surface area contributed by atoms with E-state index in [9.17, 15) is 13.2 Å². The molecule has 10 heteroatoms. The standard InChI is InChI=1S/C14H20ClN3O4S.ClH/c15-11-2-1-3-12(10-11)23(20,21)18-7-6-17-13(19)14(16)4-8-22-9-5-14;/h1-3,10,18H,4-9,16H2,(H,17,19);1H. The number of nitrogens with one attached hydrogen (secondary N) is 2. The minimum atomic E-state index is -3.66. The van der Waals surface area contributed by atoms with Crippen LogP contribution in [-0.2, 0) is 19.6 Å². The van der Waals surface area contributed by atoms with Gasteiger partial charge in [0.05, 0.1) is 10.4 Å². The average molecular weight is 398 g/mol. The summed E-state index contributed by atoms with van der Waals surface area (Å²) >= 11 is 5.78. The highest BCUT2D eigenvalue weighted by atomic mass is 35.5. The molecule has 1 saturated heterocycles. The molecule has 7 nitrogen and oxygen atoms in total. The lowest BCUT2D eigenvalue weighted by atomic mass is 9.90. The fourth-order valence-corrected chi connectivity index (χ4v) is 3.55. The van der Waals surface area contributed by atoms with Crippen LogP contribution in [0.15, 0.2) is 29.2 Å². The van der Waals surface area contributed by atoms with Gasteiger partial charge >= 0.3 is 0 Å². The lowest BCUT2D eigenvalue weighted by Gasteiger charge is -2.31. The second-order valence-electron chi connectivity index (χ2n) is 5.38. The zero-order chi connectivity index (χ0) is 16.9. The minimum absolute atomic E-state index is 0. The van der Waals surface area contributed by atoms with Crippen LogP contribution in [-0.4, -0.2) is 46.2 Å². The first-order valence-corrected chi connectivity index (χ1v) is 9.10. The highest BCUT2D eigenvalue weighted by Crippen LogP contribution is 2.17. The number of nitrogens with two attached hydrogens (primary N) is 1. The molecule has 136 valence electrons. The summed E-state index contributed by atoms with van der Waals surface area (Å²) in [4.78, 5) is 12.2. The van der Waals surface area contributed by atoms with E-state index >= 15 is 0 Å². The number of benzene rings is 1. The first-order chi connectivity index (χ1) is 10.8. The Morgan fingerprint density at radius 1 is 1.29 bits per heavy atom. The van der Waals surface area contributed by atoms with E-state index in [2.05, 4.69) is 10.0 Å². The van der Waals surface area contributed by atoms with Crippen molar-refractivity contribution in [1.29, 1.82) is 0 Å². The largest absolute Gasteiger partial charge is 0.381 e. The maximum absolute atomic E-state index is 12.1. The van der Waals surface area contributed by atoms with Crippen molar-refractivity contribution >= 4 is 39.9 Å². The van der Waals surface area contributed by atoms with Gasteiger partial charge in [-0.05, 0) is 31.0 Å². The van der Waals surface area contributed by atoms with Gasteiger partial charge in [-0.3, -0.25) is 4.79 Å². The highest BCUT2D eigenvalue weighted by molar-refractivity contribution is 7.89. The molecule has 1 amide bonds. The molecular weight excluding hydrogens is 377 g/mol. The molecule has 0 unspecified atom stereocenters. The van der Waals surface area contributed by atoms with Crippen LogP contribution in [0.3, 0.4) is 0 Å². The molecule has 1 aliphatic rings. The first-order valence-electron chi connectivity index (χ1n) is 7.24. The first kappa shape index (κ1) is 21.1. The summed E-state index contributed by atoms with van der Waals surface area (Å²) in [6, 6.07) is 5.96. The van der Waals surface area contributed by atoms with E-state index in [0.717, 1.165) is 0 Å². The Morgan fingerprint density at radius 3 is 2.58 bits per heavy atom. The SMILES string of the molecule is Cl.NC1(C(=O)NCCNS(=O)(=O)c2cccc(Cl)c2)CCOCC1. The van der Waals surface area contributed by atoms with Gasteiger partial charge in [0.25, 0.3) is 0 Å². The van der Waals surface area contributed by atoms with Crippen LogP contribution >= 0.6 is 24.0 Å². The fourth-order valence-electron chi connectivity index (χ4n) is 2.22. The van der Waals surface area contributed by atoms with Gasteiger partial charge in [-0.15, -0.1) is 12.4 Å². The molecule has 0 aliphatic carbocycles. The van der Waals surface area contributed by atoms with Crippen LogP contribution in [0.1, 0.15) is 12.8 Å². The Morgan fingerprint density at radius 2 is 1.96 bits per heavy atom. The molecule has 4 N–H and O–H groups in total. The molecule has 1 aromatic rings. The maximum Gasteiger partial charge on any atom is 0.240 e. The number of carbonyl (C=O) groups is 1. The Labute approximate surface area is 152 Å². The molecule has 0 saturated carbocycles. The molecule has 24 heavy (non-hydrogen) atoms. The van der Waals surface area contributed by atoms with Crippen molar-refractivity contribution in [3.63, 3.8) is 0 Å². The van der Waals surface area contributed by atoms with Gasteiger partial charge in [-0.25, -0.2) is 13.1 Å². The molecule has 1 aliphatic heterocycles. The Balaban J connectivity index is 0.00000288. The second-order valence-corrected chi connectivity index (χ2v) is 7.58. The van der Waals surface area contributed by atoms with E-state index in [1.165, 1.54) is 12.1 Å². The predicted molar refractivity (Wildman–Crippen MR) is 93.9 cm³/mol. The van der Waals surface area contributed by atoms with Crippen molar-refractivity contribution in [3.8, 4) is 0 Å². The quantitative estimate of drug-likeness (QED) is 0.610. The van der Waals surface area contributed by atoms with Crippen LogP contribution in [0.5, 0.6) is 0 Å². The molecule has 0 aromatic heterocycles. The topological polar surface area (TPSA) is 111 Å². The lowest BCUT2D eigenvalue weighted by molar-refractivity contribution is -0.129. The third-order valence-corrected chi connectivity index (χ3v) is 5.34. The van der Waals surface area contributed by atoms with E-state index in [-0.39, 0.29) is 36.3 Å². The number of carbonyl (C=O) groups excluding carboxylic acids is 1. The summed E-state index contributed by atoms with van der Waals surface area (Å²) in [6.45, 7) is 1.11. The Hall–Kier alpha value is -0.900. The molecule has 0 atom stereocenters. The Kier molecular flexibility index (Phi) is 7.91. The molecule has 2 rings (SSSR count). The van der Waals surface area contributed by atoms with E-state index in [0.29, 0.717) is 31.1 Å². The fraction of sp³-hybridized carbons (Fsp3) is 0.500. The van der Waals surface area contributed by atoms with Gasteiger partial charge in [-0.2, -0.15) is 0 Å². The molecule has 1 aromatic carbocycles. The summed E-state index contributed by atoms with van der Waals surface area (Å²) in [5, 5.41) is 2.99. The van der Waals surface area contributed by atoms with Gasteiger partial charge < -0.3 is 15.8 Å².